The predicted octanol–water partition coefficient (Wildman–Crippen LogP) is 2.92. The number of carbonyl (C=O) groups excluding carboxylic acids is 1. The van der Waals surface area contributed by atoms with Gasteiger partial charge >= 0.3 is 0 Å². The summed E-state index contributed by atoms with van der Waals surface area (Å²) in [5, 5.41) is 3.34. The summed E-state index contributed by atoms with van der Waals surface area (Å²) >= 11 is 5.80. The Kier molecular flexibility index (Phi) is 2.74. The van der Waals surface area contributed by atoms with Crippen LogP contribution in [0.3, 0.4) is 0 Å². The first-order chi connectivity index (χ1) is 7.25. The minimum Gasteiger partial charge on any atom is -0.367 e. The Morgan fingerprint density at radius 3 is 2.87 bits per heavy atom. The molecule has 3 nitrogen and oxygen atoms in total. The molecular weight excluding hydrogens is 212 g/mol. The van der Waals surface area contributed by atoms with Crippen LogP contribution in [0.15, 0.2) is 42.7 Å². The van der Waals surface area contributed by atoms with Crippen LogP contribution in [0, 0.1) is 0 Å². The zero-order valence-electron chi connectivity index (χ0n) is 7.83. The van der Waals surface area contributed by atoms with Crippen molar-refractivity contribution in [3.8, 4) is 0 Å². The van der Waals surface area contributed by atoms with Crippen LogP contribution in [0.5, 0.6) is 0 Å². The molecule has 2 N–H and O–H groups in total. The largest absolute Gasteiger partial charge is 0.367 e. The summed E-state index contributed by atoms with van der Waals surface area (Å²) in [5.41, 5.74) is 1.28. The summed E-state index contributed by atoms with van der Waals surface area (Å²) in [6.45, 7) is 0. The van der Waals surface area contributed by atoms with Gasteiger partial charge < -0.3 is 10.3 Å². The second-order valence-electron chi connectivity index (χ2n) is 3.06. The van der Waals surface area contributed by atoms with Gasteiger partial charge in [-0.1, -0.05) is 17.7 Å². The van der Waals surface area contributed by atoms with E-state index in [-0.39, 0.29) is 5.91 Å². The van der Waals surface area contributed by atoms with Gasteiger partial charge in [0.25, 0.3) is 5.91 Å². The van der Waals surface area contributed by atoms with Crippen molar-refractivity contribution in [1.29, 1.82) is 0 Å². The predicted molar refractivity (Wildman–Crippen MR) is 60.2 cm³/mol. The third-order valence-corrected chi connectivity index (χ3v) is 2.18. The number of carbonyl (C=O) groups is 1. The molecule has 0 bridgehead atoms. The van der Waals surface area contributed by atoms with Crippen LogP contribution in [-0.2, 0) is 0 Å². The van der Waals surface area contributed by atoms with Crippen molar-refractivity contribution in [1.82, 2.24) is 4.98 Å². The highest BCUT2D eigenvalue weighted by Crippen LogP contribution is 2.15. The van der Waals surface area contributed by atoms with E-state index < -0.39 is 0 Å². The van der Waals surface area contributed by atoms with Gasteiger partial charge in [-0.2, -0.15) is 0 Å². The number of rotatable bonds is 2. The van der Waals surface area contributed by atoms with Crippen LogP contribution >= 0.6 is 11.6 Å². The Morgan fingerprint density at radius 2 is 2.20 bits per heavy atom. The van der Waals surface area contributed by atoms with E-state index in [1.807, 2.05) is 0 Å². The van der Waals surface area contributed by atoms with Crippen molar-refractivity contribution >= 4 is 23.2 Å². The molecule has 15 heavy (non-hydrogen) atoms. The molecule has 0 aliphatic carbocycles. The molecule has 2 rings (SSSR count). The number of nitrogens with one attached hydrogen (secondary N) is 2. The zero-order chi connectivity index (χ0) is 10.7. The van der Waals surface area contributed by atoms with Crippen molar-refractivity contribution in [2.45, 2.75) is 0 Å². The average Bonchev–Trinajstić information content (AvgIpc) is 2.70. The Balaban J connectivity index is 2.13. The lowest BCUT2D eigenvalue weighted by Crippen LogP contribution is -2.10. The minimum atomic E-state index is -0.154. The summed E-state index contributed by atoms with van der Waals surface area (Å²) in [6, 6.07) is 8.74. The molecule has 1 heterocycles. The van der Waals surface area contributed by atoms with Gasteiger partial charge in [0.15, 0.2) is 0 Å². The van der Waals surface area contributed by atoms with Crippen LogP contribution in [-0.4, -0.2) is 10.9 Å². The van der Waals surface area contributed by atoms with Crippen LogP contribution in [0.25, 0.3) is 0 Å². The first kappa shape index (κ1) is 9.80. The van der Waals surface area contributed by atoms with E-state index in [0.717, 1.165) is 0 Å². The molecule has 1 aromatic heterocycles. The van der Waals surface area contributed by atoms with Crippen molar-refractivity contribution < 1.29 is 4.79 Å². The lowest BCUT2D eigenvalue weighted by atomic mass is 10.3. The van der Waals surface area contributed by atoms with E-state index in [4.69, 9.17) is 11.6 Å². The van der Waals surface area contributed by atoms with Gasteiger partial charge in [0.05, 0.1) is 5.56 Å². The smallest absolute Gasteiger partial charge is 0.257 e. The summed E-state index contributed by atoms with van der Waals surface area (Å²) in [4.78, 5) is 14.4. The molecule has 4 heteroatoms. The zero-order valence-corrected chi connectivity index (χ0v) is 8.58. The van der Waals surface area contributed by atoms with E-state index in [0.29, 0.717) is 16.3 Å². The molecule has 0 saturated carbocycles. The molecule has 0 radical (unpaired) electrons. The van der Waals surface area contributed by atoms with Gasteiger partial charge in [-0.05, 0) is 24.3 Å². The van der Waals surface area contributed by atoms with E-state index in [1.54, 1.807) is 42.7 Å². The molecule has 1 amide bonds. The first-order valence-electron chi connectivity index (χ1n) is 4.45. The lowest BCUT2D eigenvalue weighted by Gasteiger charge is -2.03. The molecule has 2 aromatic rings. The fourth-order valence-corrected chi connectivity index (χ4v) is 1.42. The third-order valence-electron chi connectivity index (χ3n) is 1.94. The monoisotopic (exact) mass is 220 g/mol. The lowest BCUT2D eigenvalue weighted by molar-refractivity contribution is 0.102. The fraction of sp³-hybridized carbons (Fsp3) is 0. The number of hydrogen-bond donors (Lipinski definition) is 2. The topological polar surface area (TPSA) is 44.9 Å². The van der Waals surface area contributed by atoms with E-state index in [9.17, 15) is 4.79 Å². The van der Waals surface area contributed by atoms with Crippen molar-refractivity contribution in [3.05, 3.63) is 53.3 Å². The SMILES string of the molecule is O=C(Nc1cccc(Cl)c1)c1cc[nH]c1. The van der Waals surface area contributed by atoms with Gasteiger partial charge in [-0.25, -0.2) is 0 Å². The number of aromatic nitrogens is 1. The number of halogens is 1. The average molecular weight is 221 g/mol. The fourth-order valence-electron chi connectivity index (χ4n) is 1.23. The van der Waals surface area contributed by atoms with Crippen molar-refractivity contribution in [2.24, 2.45) is 0 Å². The molecule has 0 spiro atoms. The maximum Gasteiger partial charge on any atom is 0.257 e. The second kappa shape index (κ2) is 4.19. The Hall–Kier alpha value is -1.74. The van der Waals surface area contributed by atoms with E-state index in [1.165, 1.54) is 0 Å². The van der Waals surface area contributed by atoms with Crippen LogP contribution in [0.2, 0.25) is 5.02 Å². The number of amides is 1. The van der Waals surface area contributed by atoms with Crippen molar-refractivity contribution in [2.75, 3.05) is 5.32 Å². The van der Waals surface area contributed by atoms with E-state index in [2.05, 4.69) is 10.3 Å². The molecular formula is C11H9ClN2O. The summed E-state index contributed by atoms with van der Waals surface area (Å²) in [7, 11) is 0. The highest BCUT2D eigenvalue weighted by atomic mass is 35.5. The highest BCUT2D eigenvalue weighted by molar-refractivity contribution is 6.30. The Labute approximate surface area is 92.1 Å². The maximum absolute atomic E-state index is 11.6. The van der Waals surface area contributed by atoms with Gasteiger partial charge in [0.2, 0.25) is 0 Å². The summed E-state index contributed by atoms with van der Waals surface area (Å²) < 4.78 is 0. The quantitative estimate of drug-likeness (QED) is 0.803. The molecule has 1 aromatic carbocycles. The number of aromatic amines is 1. The van der Waals surface area contributed by atoms with Gasteiger partial charge in [0, 0.05) is 23.1 Å². The van der Waals surface area contributed by atoms with Crippen LogP contribution in [0.1, 0.15) is 10.4 Å². The third kappa shape index (κ3) is 2.39. The number of hydrogen-bond acceptors (Lipinski definition) is 1. The molecule has 0 aliphatic rings. The number of H-pyrrole nitrogens is 1. The molecule has 0 atom stereocenters. The van der Waals surface area contributed by atoms with E-state index >= 15 is 0 Å². The molecule has 0 aliphatic heterocycles. The summed E-state index contributed by atoms with van der Waals surface area (Å²) in [6.07, 6.45) is 3.34. The van der Waals surface area contributed by atoms with Crippen LogP contribution in [0.4, 0.5) is 5.69 Å². The van der Waals surface area contributed by atoms with Crippen LogP contribution < -0.4 is 5.32 Å². The minimum absolute atomic E-state index is 0.154. The maximum atomic E-state index is 11.6. The Bertz CT molecular complexity index is 465. The van der Waals surface area contributed by atoms with Gasteiger partial charge in [0.1, 0.15) is 0 Å². The number of benzene rings is 1. The van der Waals surface area contributed by atoms with Gasteiger partial charge in [-0.15, -0.1) is 0 Å². The van der Waals surface area contributed by atoms with Crippen molar-refractivity contribution in [3.63, 3.8) is 0 Å². The first-order valence-corrected chi connectivity index (χ1v) is 4.83. The van der Waals surface area contributed by atoms with Gasteiger partial charge in [-0.3, -0.25) is 4.79 Å². The molecule has 0 unspecified atom stereocenters. The second-order valence-corrected chi connectivity index (χ2v) is 3.50. The molecule has 76 valence electrons. The summed E-state index contributed by atoms with van der Waals surface area (Å²) in [5.74, 6) is -0.154. The molecule has 0 fully saturated rings. The number of anilines is 1. The standard InChI is InChI=1S/C11H9ClN2O/c12-9-2-1-3-10(6-9)14-11(15)8-4-5-13-7-8/h1-7,13H,(H,14,15). The molecule has 0 saturated heterocycles. The Morgan fingerprint density at radius 1 is 1.33 bits per heavy atom. The normalized spacial score (nSPS) is 9.93. The highest BCUT2D eigenvalue weighted by Gasteiger charge is 2.05.